The highest BCUT2D eigenvalue weighted by Crippen LogP contribution is 2.11. The fourth-order valence-electron chi connectivity index (χ4n) is 0.726. The number of rotatable bonds is 5. The van der Waals surface area contributed by atoms with E-state index < -0.39 is 0 Å². The highest BCUT2D eigenvalue weighted by atomic mass is 35.5. The molecule has 0 spiro atoms. The molecule has 0 rings (SSSR count). The summed E-state index contributed by atoms with van der Waals surface area (Å²) in [5.74, 6) is 0. The third-order valence-corrected chi connectivity index (χ3v) is 1.78. The molecule has 0 aromatic heterocycles. The summed E-state index contributed by atoms with van der Waals surface area (Å²) < 4.78 is 0. The fraction of sp³-hybridized carbons (Fsp3) is 0.400. The molecule has 0 nitrogen and oxygen atoms in total. The first-order chi connectivity index (χ1) is 5.31. The van der Waals surface area contributed by atoms with Crippen molar-refractivity contribution in [1.82, 2.24) is 0 Å². The Bertz CT molecular complexity index is 154. The molecule has 0 aliphatic rings. The van der Waals surface area contributed by atoms with E-state index in [4.69, 9.17) is 11.6 Å². The van der Waals surface area contributed by atoms with E-state index in [1.807, 2.05) is 19.1 Å². The van der Waals surface area contributed by atoms with Gasteiger partial charge >= 0.3 is 0 Å². The summed E-state index contributed by atoms with van der Waals surface area (Å²) >= 11 is 5.79. The van der Waals surface area contributed by atoms with E-state index in [2.05, 4.69) is 12.7 Å². The van der Waals surface area contributed by atoms with Gasteiger partial charge < -0.3 is 0 Å². The second-order valence-electron chi connectivity index (χ2n) is 2.29. The summed E-state index contributed by atoms with van der Waals surface area (Å²) in [5.41, 5.74) is 0. The molecule has 0 radical (unpaired) electrons. The maximum atomic E-state index is 5.79. The Morgan fingerprint density at radius 3 is 2.82 bits per heavy atom. The van der Waals surface area contributed by atoms with Crippen molar-refractivity contribution in [3.8, 4) is 0 Å². The zero-order valence-electron chi connectivity index (χ0n) is 7.02. The molecule has 0 aromatic rings. The molecule has 11 heavy (non-hydrogen) atoms. The lowest BCUT2D eigenvalue weighted by molar-refractivity contribution is 0.857. The third kappa shape index (κ3) is 7.41. The van der Waals surface area contributed by atoms with Crippen LogP contribution in [0.15, 0.2) is 35.9 Å². The molecule has 0 fully saturated rings. The summed E-state index contributed by atoms with van der Waals surface area (Å²) in [7, 11) is 0. The van der Waals surface area contributed by atoms with Gasteiger partial charge in [-0.25, -0.2) is 0 Å². The van der Waals surface area contributed by atoms with Crippen LogP contribution in [0.1, 0.15) is 26.2 Å². The van der Waals surface area contributed by atoms with Gasteiger partial charge in [-0.15, -0.1) is 0 Å². The van der Waals surface area contributed by atoms with Gasteiger partial charge in [-0.2, -0.15) is 0 Å². The molecule has 0 unspecified atom stereocenters. The quantitative estimate of drug-likeness (QED) is 0.432. The van der Waals surface area contributed by atoms with E-state index in [1.54, 1.807) is 6.08 Å². The first-order valence-electron chi connectivity index (χ1n) is 3.89. The SMILES string of the molecule is C=CC=CCCCC(Cl)=CC. The van der Waals surface area contributed by atoms with Crippen LogP contribution < -0.4 is 0 Å². The van der Waals surface area contributed by atoms with Crippen molar-refractivity contribution < 1.29 is 0 Å². The summed E-state index contributed by atoms with van der Waals surface area (Å²) in [6.07, 6.45) is 11.0. The molecule has 0 heterocycles. The van der Waals surface area contributed by atoms with Crippen LogP contribution in [0.4, 0.5) is 0 Å². The van der Waals surface area contributed by atoms with E-state index in [9.17, 15) is 0 Å². The smallest absolute Gasteiger partial charge is 0.0138 e. The standard InChI is InChI=1S/C10H15Cl/c1-3-5-6-7-8-9-10(11)4-2/h3-6H,1,7-9H2,2H3. The maximum Gasteiger partial charge on any atom is 0.0138 e. The van der Waals surface area contributed by atoms with E-state index >= 15 is 0 Å². The van der Waals surface area contributed by atoms with Crippen molar-refractivity contribution in [2.24, 2.45) is 0 Å². The van der Waals surface area contributed by atoms with Gasteiger partial charge in [0, 0.05) is 5.03 Å². The molecule has 1 heteroatoms. The molecule has 0 saturated carbocycles. The molecule has 62 valence electrons. The fourth-order valence-corrected chi connectivity index (χ4v) is 0.859. The molecule has 0 bridgehead atoms. The second kappa shape index (κ2) is 7.62. The van der Waals surface area contributed by atoms with Crippen LogP contribution in [0.25, 0.3) is 0 Å². The summed E-state index contributed by atoms with van der Waals surface area (Å²) in [4.78, 5) is 0. The molecule has 0 N–H and O–H groups in total. The minimum absolute atomic E-state index is 0.956. The van der Waals surface area contributed by atoms with Crippen LogP contribution in [0, 0.1) is 0 Å². The van der Waals surface area contributed by atoms with Crippen LogP contribution in [-0.2, 0) is 0 Å². The molecule has 0 amide bonds. The topological polar surface area (TPSA) is 0 Å². The highest BCUT2D eigenvalue weighted by Gasteiger charge is 1.88. The van der Waals surface area contributed by atoms with Crippen molar-refractivity contribution >= 4 is 11.6 Å². The van der Waals surface area contributed by atoms with Crippen molar-refractivity contribution in [2.75, 3.05) is 0 Å². The molecule has 0 aliphatic heterocycles. The molecule has 0 saturated heterocycles. The maximum absolute atomic E-state index is 5.79. The van der Waals surface area contributed by atoms with Gasteiger partial charge in [0.05, 0.1) is 0 Å². The highest BCUT2D eigenvalue weighted by molar-refractivity contribution is 6.29. The Morgan fingerprint density at radius 1 is 1.55 bits per heavy atom. The summed E-state index contributed by atoms with van der Waals surface area (Å²) in [5, 5.41) is 0.956. The van der Waals surface area contributed by atoms with Crippen molar-refractivity contribution in [3.63, 3.8) is 0 Å². The predicted molar refractivity (Wildman–Crippen MR) is 52.8 cm³/mol. The minimum Gasteiger partial charge on any atom is -0.0991 e. The number of hydrogen-bond donors (Lipinski definition) is 0. The zero-order valence-corrected chi connectivity index (χ0v) is 7.77. The molecule has 0 atom stereocenters. The first kappa shape index (κ1) is 10.5. The monoisotopic (exact) mass is 170 g/mol. The molecular formula is C10H15Cl. The van der Waals surface area contributed by atoms with Gasteiger partial charge in [0.2, 0.25) is 0 Å². The van der Waals surface area contributed by atoms with Gasteiger partial charge in [-0.05, 0) is 26.2 Å². The lowest BCUT2D eigenvalue weighted by Crippen LogP contribution is -1.73. The van der Waals surface area contributed by atoms with E-state index in [0.717, 1.165) is 24.3 Å². The van der Waals surface area contributed by atoms with Crippen molar-refractivity contribution in [1.29, 1.82) is 0 Å². The van der Waals surface area contributed by atoms with E-state index in [-0.39, 0.29) is 0 Å². The van der Waals surface area contributed by atoms with Crippen LogP contribution in [0.5, 0.6) is 0 Å². The van der Waals surface area contributed by atoms with Crippen molar-refractivity contribution in [2.45, 2.75) is 26.2 Å². The second-order valence-corrected chi connectivity index (χ2v) is 2.78. The minimum atomic E-state index is 0.956. The Labute approximate surface area is 74.3 Å². The zero-order chi connectivity index (χ0) is 8.53. The largest absolute Gasteiger partial charge is 0.0991 e. The predicted octanol–water partition coefficient (Wildman–Crippen LogP) is 4.04. The number of unbranched alkanes of at least 4 members (excludes halogenated alkanes) is 1. The van der Waals surface area contributed by atoms with Gasteiger partial charge in [0.1, 0.15) is 0 Å². The lowest BCUT2D eigenvalue weighted by atomic mass is 10.2. The molecule has 0 aliphatic carbocycles. The van der Waals surface area contributed by atoms with E-state index in [0.29, 0.717) is 0 Å². The van der Waals surface area contributed by atoms with Gasteiger partial charge in [0.25, 0.3) is 0 Å². The third-order valence-electron chi connectivity index (χ3n) is 1.37. The van der Waals surface area contributed by atoms with Gasteiger partial charge in [-0.3, -0.25) is 0 Å². The average Bonchev–Trinajstić information content (AvgIpc) is 2.04. The summed E-state index contributed by atoms with van der Waals surface area (Å²) in [6.45, 7) is 5.55. The Morgan fingerprint density at radius 2 is 2.27 bits per heavy atom. The normalized spacial score (nSPS) is 12.4. The Hall–Kier alpha value is -0.490. The van der Waals surface area contributed by atoms with Crippen LogP contribution in [-0.4, -0.2) is 0 Å². The van der Waals surface area contributed by atoms with Crippen LogP contribution in [0.3, 0.4) is 0 Å². The van der Waals surface area contributed by atoms with E-state index in [1.165, 1.54) is 0 Å². The van der Waals surface area contributed by atoms with Gasteiger partial charge in [0.15, 0.2) is 0 Å². The van der Waals surface area contributed by atoms with Crippen LogP contribution >= 0.6 is 11.6 Å². The summed E-state index contributed by atoms with van der Waals surface area (Å²) in [6, 6.07) is 0. The first-order valence-corrected chi connectivity index (χ1v) is 4.27. The van der Waals surface area contributed by atoms with Crippen molar-refractivity contribution in [3.05, 3.63) is 35.9 Å². The lowest BCUT2D eigenvalue weighted by Gasteiger charge is -1.93. The molecule has 0 aromatic carbocycles. The number of allylic oxidation sites excluding steroid dienone is 5. The average molecular weight is 171 g/mol. The Balaban J connectivity index is 3.28. The number of hydrogen-bond acceptors (Lipinski definition) is 0. The van der Waals surface area contributed by atoms with Gasteiger partial charge in [-0.1, -0.05) is 42.5 Å². The molecular weight excluding hydrogens is 156 g/mol. The Kier molecular flexibility index (Phi) is 7.28. The number of halogens is 1. The van der Waals surface area contributed by atoms with Crippen LogP contribution in [0.2, 0.25) is 0 Å².